The number of nitrogens with zero attached hydrogens (tertiary/aromatic N) is 1. The molecular formula is C13H24N2O. The maximum absolute atomic E-state index is 12.0. The number of rotatable bonds is 5. The number of nitrogens with one attached hydrogen (secondary N) is 1. The first-order valence-corrected chi connectivity index (χ1v) is 6.81. The Hall–Kier alpha value is -0.570. The van der Waals surface area contributed by atoms with E-state index < -0.39 is 0 Å². The van der Waals surface area contributed by atoms with Gasteiger partial charge in [-0.3, -0.25) is 4.79 Å². The molecule has 0 aromatic heterocycles. The average molecular weight is 224 g/mol. The van der Waals surface area contributed by atoms with Crippen molar-refractivity contribution in [3.8, 4) is 0 Å². The van der Waals surface area contributed by atoms with E-state index in [-0.39, 0.29) is 0 Å². The van der Waals surface area contributed by atoms with E-state index in [9.17, 15) is 4.79 Å². The van der Waals surface area contributed by atoms with E-state index in [1.54, 1.807) is 0 Å². The van der Waals surface area contributed by atoms with Crippen LogP contribution in [0.15, 0.2) is 0 Å². The van der Waals surface area contributed by atoms with Crippen LogP contribution in [-0.2, 0) is 4.79 Å². The van der Waals surface area contributed by atoms with Crippen LogP contribution in [0.5, 0.6) is 0 Å². The molecule has 0 bridgehead atoms. The summed E-state index contributed by atoms with van der Waals surface area (Å²) < 4.78 is 0. The first-order chi connectivity index (χ1) is 7.81. The van der Waals surface area contributed by atoms with Crippen LogP contribution in [-0.4, -0.2) is 36.5 Å². The summed E-state index contributed by atoms with van der Waals surface area (Å²) in [6.07, 6.45) is 6.73. The van der Waals surface area contributed by atoms with Crippen molar-refractivity contribution in [2.24, 2.45) is 5.92 Å². The van der Waals surface area contributed by atoms with Gasteiger partial charge in [0.15, 0.2) is 0 Å². The van der Waals surface area contributed by atoms with Crippen molar-refractivity contribution in [1.82, 2.24) is 10.2 Å². The fourth-order valence-electron chi connectivity index (χ4n) is 2.56. The fraction of sp³-hybridized carbons (Fsp3) is 0.923. The van der Waals surface area contributed by atoms with Gasteiger partial charge in [0, 0.05) is 19.0 Å². The normalized spacial score (nSPS) is 25.4. The number of carbonyl (C=O) groups is 1. The highest BCUT2D eigenvalue weighted by atomic mass is 16.2. The van der Waals surface area contributed by atoms with Crippen molar-refractivity contribution in [1.29, 1.82) is 0 Å². The molecule has 16 heavy (non-hydrogen) atoms. The van der Waals surface area contributed by atoms with Crippen molar-refractivity contribution in [2.45, 2.75) is 51.5 Å². The molecule has 1 heterocycles. The van der Waals surface area contributed by atoms with Gasteiger partial charge in [-0.25, -0.2) is 0 Å². The van der Waals surface area contributed by atoms with Gasteiger partial charge in [0.25, 0.3) is 0 Å². The Morgan fingerprint density at radius 3 is 2.75 bits per heavy atom. The van der Waals surface area contributed by atoms with Gasteiger partial charge in [-0.15, -0.1) is 0 Å². The first-order valence-electron chi connectivity index (χ1n) is 6.81. The lowest BCUT2D eigenvalue weighted by molar-refractivity contribution is -0.132. The molecule has 0 spiro atoms. The van der Waals surface area contributed by atoms with Gasteiger partial charge in [-0.05, 0) is 51.1 Å². The van der Waals surface area contributed by atoms with E-state index in [1.807, 2.05) is 0 Å². The Bertz CT molecular complexity index is 232. The van der Waals surface area contributed by atoms with Crippen LogP contribution in [0.2, 0.25) is 0 Å². The Morgan fingerprint density at radius 1 is 1.38 bits per heavy atom. The highest BCUT2D eigenvalue weighted by Gasteiger charge is 2.33. The zero-order chi connectivity index (χ0) is 11.4. The minimum absolute atomic E-state index is 0.385. The largest absolute Gasteiger partial charge is 0.339 e. The highest BCUT2D eigenvalue weighted by Crippen LogP contribution is 2.29. The summed E-state index contributed by atoms with van der Waals surface area (Å²) in [5.74, 6) is 1.07. The molecule has 2 aliphatic rings. The minimum Gasteiger partial charge on any atom is -0.339 e. The summed E-state index contributed by atoms with van der Waals surface area (Å²) in [5.41, 5.74) is 0. The molecule has 1 aliphatic carbocycles. The standard InChI is InChI=1S/C13H24N2O/c1-2-4-13(16)15(12-6-7-12)10-11-5-3-8-14-9-11/h11-12,14H,2-10H2,1H3. The molecule has 1 amide bonds. The second-order valence-corrected chi connectivity index (χ2v) is 5.24. The van der Waals surface area contributed by atoms with Crippen LogP contribution in [0.4, 0.5) is 0 Å². The SMILES string of the molecule is CCCC(=O)N(CC1CCCNC1)C1CC1. The molecule has 1 saturated heterocycles. The molecule has 92 valence electrons. The Labute approximate surface area is 98.6 Å². The molecule has 1 unspecified atom stereocenters. The van der Waals surface area contributed by atoms with Gasteiger partial charge in [0.1, 0.15) is 0 Å². The lowest BCUT2D eigenvalue weighted by Gasteiger charge is -2.30. The summed E-state index contributed by atoms with van der Waals surface area (Å²) in [6.45, 7) is 5.34. The number of amides is 1. The number of hydrogen-bond donors (Lipinski definition) is 1. The van der Waals surface area contributed by atoms with Crippen LogP contribution < -0.4 is 5.32 Å². The molecule has 1 atom stereocenters. The lowest BCUT2D eigenvalue weighted by atomic mass is 9.99. The van der Waals surface area contributed by atoms with E-state index in [0.717, 1.165) is 32.5 Å². The predicted molar refractivity (Wildman–Crippen MR) is 65.2 cm³/mol. The fourth-order valence-corrected chi connectivity index (χ4v) is 2.56. The van der Waals surface area contributed by atoms with Crippen LogP contribution in [0.25, 0.3) is 0 Å². The zero-order valence-corrected chi connectivity index (χ0v) is 10.4. The number of piperidine rings is 1. The second kappa shape index (κ2) is 5.67. The second-order valence-electron chi connectivity index (χ2n) is 5.24. The van der Waals surface area contributed by atoms with Gasteiger partial charge < -0.3 is 10.2 Å². The van der Waals surface area contributed by atoms with Gasteiger partial charge >= 0.3 is 0 Å². The van der Waals surface area contributed by atoms with E-state index in [0.29, 0.717) is 17.9 Å². The average Bonchev–Trinajstić information content (AvgIpc) is 3.11. The van der Waals surface area contributed by atoms with Gasteiger partial charge in [-0.1, -0.05) is 6.92 Å². The molecule has 0 aromatic rings. The molecule has 1 saturated carbocycles. The molecule has 1 N–H and O–H groups in total. The molecule has 0 radical (unpaired) electrons. The third kappa shape index (κ3) is 3.21. The predicted octanol–water partition coefficient (Wildman–Crippen LogP) is 1.78. The number of carbonyl (C=O) groups excluding carboxylic acids is 1. The summed E-state index contributed by atoms with van der Waals surface area (Å²) >= 11 is 0. The third-order valence-electron chi connectivity index (χ3n) is 3.63. The van der Waals surface area contributed by atoms with Crippen molar-refractivity contribution in [2.75, 3.05) is 19.6 Å². The topological polar surface area (TPSA) is 32.3 Å². The molecule has 3 heteroatoms. The summed E-state index contributed by atoms with van der Waals surface area (Å²) in [5, 5.41) is 3.43. The zero-order valence-electron chi connectivity index (χ0n) is 10.4. The highest BCUT2D eigenvalue weighted by molar-refractivity contribution is 5.76. The summed E-state index contributed by atoms with van der Waals surface area (Å²) in [6, 6.07) is 0.584. The van der Waals surface area contributed by atoms with Crippen molar-refractivity contribution in [3.63, 3.8) is 0 Å². The van der Waals surface area contributed by atoms with Crippen LogP contribution >= 0.6 is 0 Å². The maximum Gasteiger partial charge on any atom is 0.222 e. The van der Waals surface area contributed by atoms with Crippen molar-refractivity contribution in [3.05, 3.63) is 0 Å². The Balaban J connectivity index is 1.83. The summed E-state index contributed by atoms with van der Waals surface area (Å²) in [7, 11) is 0. The van der Waals surface area contributed by atoms with Gasteiger partial charge in [-0.2, -0.15) is 0 Å². The third-order valence-corrected chi connectivity index (χ3v) is 3.63. The molecule has 2 rings (SSSR count). The lowest BCUT2D eigenvalue weighted by Crippen LogP contribution is -2.42. The molecule has 1 aliphatic heterocycles. The molecular weight excluding hydrogens is 200 g/mol. The van der Waals surface area contributed by atoms with E-state index >= 15 is 0 Å². The molecule has 0 aromatic carbocycles. The van der Waals surface area contributed by atoms with E-state index in [2.05, 4.69) is 17.1 Å². The van der Waals surface area contributed by atoms with Gasteiger partial charge in [0.2, 0.25) is 5.91 Å². The monoisotopic (exact) mass is 224 g/mol. The van der Waals surface area contributed by atoms with Crippen LogP contribution in [0.1, 0.15) is 45.4 Å². The quantitative estimate of drug-likeness (QED) is 0.772. The first kappa shape index (κ1) is 11.9. The van der Waals surface area contributed by atoms with Crippen LogP contribution in [0, 0.1) is 5.92 Å². The molecule has 2 fully saturated rings. The maximum atomic E-state index is 12.0. The van der Waals surface area contributed by atoms with E-state index in [1.165, 1.54) is 25.7 Å². The summed E-state index contributed by atoms with van der Waals surface area (Å²) in [4.78, 5) is 14.2. The van der Waals surface area contributed by atoms with Crippen molar-refractivity contribution >= 4 is 5.91 Å². The van der Waals surface area contributed by atoms with Crippen LogP contribution in [0.3, 0.4) is 0 Å². The Kier molecular flexibility index (Phi) is 4.22. The Morgan fingerprint density at radius 2 is 2.19 bits per heavy atom. The minimum atomic E-state index is 0.385. The molecule has 3 nitrogen and oxygen atoms in total. The van der Waals surface area contributed by atoms with E-state index in [4.69, 9.17) is 0 Å². The smallest absolute Gasteiger partial charge is 0.222 e. The number of hydrogen-bond acceptors (Lipinski definition) is 2. The van der Waals surface area contributed by atoms with Crippen molar-refractivity contribution < 1.29 is 4.79 Å². The van der Waals surface area contributed by atoms with Gasteiger partial charge in [0.05, 0.1) is 0 Å².